The zero-order valence-corrected chi connectivity index (χ0v) is 7.58. The van der Waals surface area contributed by atoms with Gasteiger partial charge in [0, 0.05) is 17.1 Å². The van der Waals surface area contributed by atoms with E-state index in [0.29, 0.717) is 15.9 Å². The fourth-order valence-corrected chi connectivity index (χ4v) is 1.49. The molecule has 0 aliphatic carbocycles. The molecule has 0 saturated heterocycles. The smallest absolute Gasteiger partial charge is 0.360 e. The predicted octanol–water partition coefficient (Wildman–Crippen LogP) is 3.84. The first kappa shape index (κ1) is 9.40. The maximum absolute atomic E-state index is 12.3. The molecular weight excluding hydrogens is 215 g/mol. The van der Waals surface area contributed by atoms with Crippen molar-refractivity contribution in [3.8, 4) is 0 Å². The molecule has 1 aromatic heterocycles. The van der Waals surface area contributed by atoms with Crippen molar-refractivity contribution in [2.24, 2.45) is 0 Å². The Bertz CT molecular complexity index is 472. The van der Waals surface area contributed by atoms with Crippen molar-refractivity contribution in [3.05, 3.63) is 35.0 Å². The van der Waals surface area contributed by atoms with Crippen LogP contribution < -0.4 is 0 Å². The van der Waals surface area contributed by atoms with Gasteiger partial charge in [0.25, 0.3) is 0 Å². The molecule has 1 heterocycles. The van der Waals surface area contributed by atoms with Crippen molar-refractivity contribution in [3.63, 3.8) is 0 Å². The van der Waals surface area contributed by atoms with Crippen molar-refractivity contribution < 1.29 is 13.2 Å². The Labute approximate surface area is 82.5 Å². The van der Waals surface area contributed by atoms with Crippen LogP contribution in [0.1, 0.15) is 5.56 Å². The third-order valence-electron chi connectivity index (χ3n) is 1.96. The molecule has 1 N–H and O–H groups in total. The number of rotatable bonds is 0. The first-order valence-electron chi connectivity index (χ1n) is 3.82. The van der Waals surface area contributed by atoms with E-state index in [1.807, 2.05) is 0 Å². The van der Waals surface area contributed by atoms with Gasteiger partial charge in [-0.25, -0.2) is 0 Å². The Morgan fingerprint density at radius 3 is 2.57 bits per heavy atom. The summed E-state index contributed by atoms with van der Waals surface area (Å²) in [6, 6.07) is 3.42. The standard InChI is InChI=1S/C9H5ClF3N/c10-7-4-14-8-3-5(9(11,12)13)1-2-6(7)8/h1-4,14H. The maximum Gasteiger partial charge on any atom is 0.416 e. The normalized spacial score (nSPS) is 12.3. The highest BCUT2D eigenvalue weighted by Gasteiger charge is 2.30. The maximum atomic E-state index is 12.3. The molecule has 14 heavy (non-hydrogen) atoms. The molecule has 0 amide bonds. The first-order chi connectivity index (χ1) is 6.48. The van der Waals surface area contributed by atoms with Crippen molar-refractivity contribution >= 4 is 22.5 Å². The third-order valence-corrected chi connectivity index (χ3v) is 2.27. The van der Waals surface area contributed by atoms with Gasteiger partial charge >= 0.3 is 6.18 Å². The summed E-state index contributed by atoms with van der Waals surface area (Å²) in [7, 11) is 0. The lowest BCUT2D eigenvalue weighted by Crippen LogP contribution is -2.03. The molecule has 0 radical (unpaired) electrons. The van der Waals surface area contributed by atoms with Gasteiger partial charge < -0.3 is 4.98 Å². The van der Waals surface area contributed by atoms with Gasteiger partial charge in [-0.3, -0.25) is 0 Å². The summed E-state index contributed by atoms with van der Waals surface area (Å²) < 4.78 is 36.8. The Balaban J connectivity index is 2.63. The zero-order chi connectivity index (χ0) is 10.3. The second kappa shape index (κ2) is 2.92. The Kier molecular flexibility index (Phi) is 1.96. The Hall–Kier alpha value is -1.16. The Morgan fingerprint density at radius 1 is 1.21 bits per heavy atom. The molecule has 74 valence electrons. The molecule has 5 heteroatoms. The number of aromatic nitrogens is 1. The zero-order valence-electron chi connectivity index (χ0n) is 6.82. The van der Waals surface area contributed by atoms with Crippen LogP contribution in [-0.2, 0) is 6.18 Å². The minimum atomic E-state index is -4.31. The number of fused-ring (bicyclic) bond motifs is 1. The first-order valence-corrected chi connectivity index (χ1v) is 4.20. The fourth-order valence-electron chi connectivity index (χ4n) is 1.27. The van der Waals surface area contributed by atoms with Crippen LogP contribution >= 0.6 is 11.6 Å². The van der Waals surface area contributed by atoms with Gasteiger partial charge in [-0.15, -0.1) is 0 Å². The summed E-state index contributed by atoms with van der Waals surface area (Å²) in [4.78, 5) is 2.67. The molecule has 1 aromatic carbocycles. The lowest BCUT2D eigenvalue weighted by Gasteiger charge is -2.05. The molecule has 0 atom stereocenters. The van der Waals surface area contributed by atoms with Crippen molar-refractivity contribution in [1.29, 1.82) is 0 Å². The molecule has 0 aliphatic rings. The third kappa shape index (κ3) is 1.46. The van der Waals surface area contributed by atoms with Gasteiger partial charge in [0.15, 0.2) is 0 Å². The minimum Gasteiger partial charge on any atom is -0.360 e. The lowest BCUT2D eigenvalue weighted by molar-refractivity contribution is -0.137. The van der Waals surface area contributed by atoms with Crippen molar-refractivity contribution in [1.82, 2.24) is 4.98 Å². The van der Waals surface area contributed by atoms with E-state index in [2.05, 4.69) is 4.98 Å². The summed E-state index contributed by atoms with van der Waals surface area (Å²) in [6.07, 6.45) is -2.85. The second-order valence-corrected chi connectivity index (χ2v) is 3.30. The number of halogens is 4. The summed E-state index contributed by atoms with van der Waals surface area (Å²) >= 11 is 5.73. The molecule has 0 spiro atoms. The summed E-state index contributed by atoms with van der Waals surface area (Å²) in [6.45, 7) is 0. The number of hydrogen-bond acceptors (Lipinski definition) is 0. The molecule has 2 aromatic rings. The van der Waals surface area contributed by atoms with E-state index >= 15 is 0 Å². The number of hydrogen-bond donors (Lipinski definition) is 1. The van der Waals surface area contributed by atoms with Crippen molar-refractivity contribution in [2.75, 3.05) is 0 Å². The number of alkyl halides is 3. The predicted molar refractivity (Wildman–Crippen MR) is 48.3 cm³/mol. The summed E-state index contributed by atoms with van der Waals surface area (Å²) in [5, 5.41) is 1.02. The highest BCUT2D eigenvalue weighted by Crippen LogP contribution is 2.32. The number of H-pyrrole nitrogens is 1. The van der Waals surface area contributed by atoms with Crippen LogP contribution in [0.25, 0.3) is 10.9 Å². The van der Waals surface area contributed by atoms with Crippen LogP contribution in [0.3, 0.4) is 0 Å². The van der Waals surface area contributed by atoms with Crippen LogP contribution in [0.5, 0.6) is 0 Å². The summed E-state index contributed by atoms with van der Waals surface area (Å²) in [5.74, 6) is 0. The van der Waals surface area contributed by atoms with Crippen LogP contribution in [0.15, 0.2) is 24.4 Å². The topological polar surface area (TPSA) is 15.8 Å². The van der Waals surface area contributed by atoms with Gasteiger partial charge in [0.1, 0.15) is 0 Å². The SMILES string of the molecule is FC(F)(F)c1ccc2c(Cl)c[nH]c2c1. The molecule has 0 unspecified atom stereocenters. The number of nitrogens with one attached hydrogen (secondary N) is 1. The van der Waals surface area contributed by atoms with Gasteiger partial charge in [-0.1, -0.05) is 17.7 Å². The van der Waals surface area contributed by atoms with E-state index in [-0.39, 0.29) is 0 Å². The molecular formula is C9H5ClF3N. The minimum absolute atomic E-state index is 0.393. The van der Waals surface area contributed by atoms with Crippen LogP contribution in [0.4, 0.5) is 13.2 Å². The Morgan fingerprint density at radius 2 is 1.93 bits per heavy atom. The van der Waals surface area contributed by atoms with Gasteiger partial charge in [-0.05, 0) is 12.1 Å². The van der Waals surface area contributed by atoms with Gasteiger partial charge in [0.2, 0.25) is 0 Å². The second-order valence-electron chi connectivity index (χ2n) is 2.89. The number of aromatic amines is 1. The average molecular weight is 220 g/mol. The molecule has 1 nitrogen and oxygen atoms in total. The molecule has 0 aliphatic heterocycles. The largest absolute Gasteiger partial charge is 0.416 e. The van der Waals surface area contributed by atoms with Crippen molar-refractivity contribution in [2.45, 2.75) is 6.18 Å². The van der Waals surface area contributed by atoms with Crippen LogP contribution in [0, 0.1) is 0 Å². The quantitative estimate of drug-likeness (QED) is 0.693. The fraction of sp³-hybridized carbons (Fsp3) is 0.111. The van der Waals surface area contributed by atoms with E-state index in [9.17, 15) is 13.2 Å². The highest BCUT2D eigenvalue weighted by molar-refractivity contribution is 6.35. The van der Waals surface area contributed by atoms with Gasteiger partial charge in [0.05, 0.1) is 10.6 Å². The van der Waals surface area contributed by atoms with Gasteiger partial charge in [-0.2, -0.15) is 13.2 Å². The van der Waals surface area contributed by atoms with E-state index in [4.69, 9.17) is 11.6 Å². The molecule has 0 bridgehead atoms. The van der Waals surface area contributed by atoms with E-state index < -0.39 is 11.7 Å². The van der Waals surface area contributed by atoms with E-state index in [0.717, 1.165) is 12.1 Å². The molecule has 0 fully saturated rings. The highest BCUT2D eigenvalue weighted by atomic mass is 35.5. The van der Waals surface area contributed by atoms with Crippen LogP contribution in [0.2, 0.25) is 5.02 Å². The van der Waals surface area contributed by atoms with Crippen LogP contribution in [-0.4, -0.2) is 4.98 Å². The lowest BCUT2D eigenvalue weighted by atomic mass is 10.1. The van der Waals surface area contributed by atoms with E-state index in [1.54, 1.807) is 0 Å². The van der Waals surface area contributed by atoms with E-state index in [1.165, 1.54) is 12.3 Å². The monoisotopic (exact) mass is 219 g/mol. The molecule has 0 saturated carbocycles. The molecule has 2 rings (SSSR count). The average Bonchev–Trinajstić information content (AvgIpc) is 2.46. The summed E-state index contributed by atoms with van der Waals surface area (Å²) in [5.41, 5.74) is -0.284. The number of benzene rings is 1.